The van der Waals surface area contributed by atoms with E-state index in [1.165, 1.54) is 5.56 Å². The number of aromatic nitrogens is 1. The molecular weight excluding hydrogens is 362 g/mol. The van der Waals surface area contributed by atoms with Gasteiger partial charge in [0.05, 0.1) is 5.56 Å². The van der Waals surface area contributed by atoms with Gasteiger partial charge in [0.1, 0.15) is 17.3 Å². The minimum atomic E-state index is -0.241. The standard InChI is InChI=1S/C24H27N3O2/c1-17(2)9-12-19-6-3-4-8-22(19)29-20-13-10-18(11-14-20)16-27-24(28)21-7-5-15-26-23(21)25/h3-8,10-11,13-15,17H,9,12,16H2,1-2H3,(H2,25,26)(H,27,28). The molecule has 3 rings (SSSR count). The minimum Gasteiger partial charge on any atom is -0.457 e. The zero-order chi connectivity index (χ0) is 20.6. The molecular formula is C24H27N3O2. The van der Waals surface area contributed by atoms with Gasteiger partial charge in [-0.1, -0.05) is 44.2 Å². The van der Waals surface area contributed by atoms with Gasteiger partial charge in [-0.15, -0.1) is 0 Å². The van der Waals surface area contributed by atoms with Crippen molar-refractivity contribution in [3.05, 3.63) is 83.6 Å². The SMILES string of the molecule is CC(C)CCc1ccccc1Oc1ccc(CNC(=O)c2cccnc2N)cc1. The third-order valence-corrected chi connectivity index (χ3v) is 4.65. The molecule has 0 fully saturated rings. The van der Waals surface area contributed by atoms with Crippen LogP contribution in [0.2, 0.25) is 0 Å². The van der Waals surface area contributed by atoms with Crippen molar-refractivity contribution in [3.63, 3.8) is 0 Å². The molecule has 0 aliphatic heterocycles. The van der Waals surface area contributed by atoms with Crippen LogP contribution in [0.1, 0.15) is 41.8 Å². The first-order chi connectivity index (χ1) is 14.0. The molecule has 0 aliphatic rings. The molecule has 3 aromatic rings. The molecule has 29 heavy (non-hydrogen) atoms. The van der Waals surface area contributed by atoms with E-state index >= 15 is 0 Å². The quantitative estimate of drug-likeness (QED) is 0.570. The third-order valence-electron chi connectivity index (χ3n) is 4.65. The first-order valence-corrected chi connectivity index (χ1v) is 9.86. The molecule has 0 aliphatic carbocycles. The van der Waals surface area contributed by atoms with Crippen LogP contribution < -0.4 is 15.8 Å². The number of pyridine rings is 1. The van der Waals surface area contributed by atoms with E-state index in [1.54, 1.807) is 18.3 Å². The van der Waals surface area contributed by atoms with Crippen molar-refractivity contribution in [3.8, 4) is 11.5 Å². The number of benzene rings is 2. The van der Waals surface area contributed by atoms with Crippen LogP contribution in [0.3, 0.4) is 0 Å². The molecule has 5 heteroatoms. The van der Waals surface area contributed by atoms with Crippen LogP contribution >= 0.6 is 0 Å². The topological polar surface area (TPSA) is 77.2 Å². The summed E-state index contributed by atoms with van der Waals surface area (Å²) >= 11 is 0. The number of nitrogens with two attached hydrogens (primary N) is 1. The van der Waals surface area contributed by atoms with Gasteiger partial charge in [0.15, 0.2) is 0 Å². The predicted molar refractivity (Wildman–Crippen MR) is 116 cm³/mol. The predicted octanol–water partition coefficient (Wildman–Crippen LogP) is 4.97. The monoisotopic (exact) mass is 389 g/mol. The lowest BCUT2D eigenvalue weighted by molar-refractivity contribution is 0.0951. The van der Waals surface area contributed by atoms with Gasteiger partial charge in [0.2, 0.25) is 0 Å². The van der Waals surface area contributed by atoms with Gasteiger partial charge < -0.3 is 15.8 Å². The summed E-state index contributed by atoms with van der Waals surface area (Å²) < 4.78 is 6.10. The molecule has 0 radical (unpaired) electrons. The van der Waals surface area contributed by atoms with E-state index in [1.807, 2.05) is 42.5 Å². The number of hydrogen-bond donors (Lipinski definition) is 2. The largest absolute Gasteiger partial charge is 0.457 e. The average molecular weight is 389 g/mol. The molecule has 1 amide bonds. The maximum Gasteiger partial charge on any atom is 0.255 e. The second kappa shape index (κ2) is 9.73. The summed E-state index contributed by atoms with van der Waals surface area (Å²) in [4.78, 5) is 16.2. The van der Waals surface area contributed by atoms with E-state index in [9.17, 15) is 4.79 Å². The second-order valence-corrected chi connectivity index (χ2v) is 7.41. The smallest absolute Gasteiger partial charge is 0.255 e. The molecule has 0 spiro atoms. The van der Waals surface area contributed by atoms with E-state index in [0.29, 0.717) is 18.0 Å². The van der Waals surface area contributed by atoms with E-state index in [4.69, 9.17) is 10.5 Å². The summed E-state index contributed by atoms with van der Waals surface area (Å²) in [5, 5.41) is 2.86. The number of aryl methyl sites for hydroxylation is 1. The summed E-state index contributed by atoms with van der Waals surface area (Å²) in [5.74, 6) is 2.30. The summed E-state index contributed by atoms with van der Waals surface area (Å²) in [6.45, 7) is 4.85. The number of nitrogens with one attached hydrogen (secondary N) is 1. The highest BCUT2D eigenvalue weighted by Crippen LogP contribution is 2.27. The van der Waals surface area contributed by atoms with Crippen molar-refractivity contribution in [1.82, 2.24) is 10.3 Å². The molecule has 0 saturated heterocycles. The number of nitrogens with zero attached hydrogens (tertiary/aromatic N) is 1. The maximum absolute atomic E-state index is 12.2. The number of hydrogen-bond acceptors (Lipinski definition) is 4. The Bertz CT molecular complexity index is 952. The van der Waals surface area contributed by atoms with Crippen LogP contribution in [0.25, 0.3) is 0 Å². The van der Waals surface area contributed by atoms with E-state index in [0.717, 1.165) is 29.9 Å². The number of nitrogen functional groups attached to an aromatic ring is 1. The number of amides is 1. The number of anilines is 1. The zero-order valence-corrected chi connectivity index (χ0v) is 16.9. The van der Waals surface area contributed by atoms with Crippen molar-refractivity contribution >= 4 is 11.7 Å². The van der Waals surface area contributed by atoms with Gasteiger partial charge in [-0.2, -0.15) is 0 Å². The molecule has 2 aromatic carbocycles. The number of ether oxygens (including phenoxy) is 1. The van der Waals surface area contributed by atoms with Crippen molar-refractivity contribution < 1.29 is 9.53 Å². The van der Waals surface area contributed by atoms with Crippen molar-refractivity contribution in [2.24, 2.45) is 5.92 Å². The van der Waals surface area contributed by atoms with Crippen LogP contribution in [0, 0.1) is 5.92 Å². The van der Waals surface area contributed by atoms with Gasteiger partial charge in [0, 0.05) is 12.7 Å². The Hall–Kier alpha value is -3.34. The summed E-state index contributed by atoms with van der Waals surface area (Å²) in [6.07, 6.45) is 3.68. The van der Waals surface area contributed by atoms with E-state index < -0.39 is 0 Å². The highest BCUT2D eigenvalue weighted by Gasteiger charge is 2.10. The van der Waals surface area contributed by atoms with Crippen molar-refractivity contribution in [2.45, 2.75) is 33.2 Å². The summed E-state index contributed by atoms with van der Waals surface area (Å²) in [5.41, 5.74) is 8.31. The van der Waals surface area contributed by atoms with Crippen LogP contribution in [0.15, 0.2) is 66.9 Å². The van der Waals surface area contributed by atoms with Gasteiger partial charge >= 0.3 is 0 Å². The number of carbonyl (C=O) groups excluding carboxylic acids is 1. The number of rotatable bonds is 8. The van der Waals surface area contributed by atoms with Crippen LogP contribution in [-0.2, 0) is 13.0 Å². The van der Waals surface area contributed by atoms with Gasteiger partial charge in [-0.05, 0) is 60.2 Å². The Morgan fingerprint density at radius 2 is 1.83 bits per heavy atom. The lowest BCUT2D eigenvalue weighted by Crippen LogP contribution is -2.24. The highest BCUT2D eigenvalue weighted by atomic mass is 16.5. The number of para-hydroxylation sites is 1. The Labute approximate surface area is 171 Å². The molecule has 1 aromatic heterocycles. The molecule has 3 N–H and O–H groups in total. The van der Waals surface area contributed by atoms with Gasteiger partial charge in [-0.3, -0.25) is 4.79 Å². The average Bonchev–Trinajstić information content (AvgIpc) is 2.72. The van der Waals surface area contributed by atoms with Gasteiger partial charge in [0.25, 0.3) is 5.91 Å². The molecule has 0 atom stereocenters. The first-order valence-electron chi connectivity index (χ1n) is 9.86. The fraction of sp³-hybridized carbons (Fsp3) is 0.250. The van der Waals surface area contributed by atoms with Crippen LogP contribution in [0.5, 0.6) is 11.5 Å². The third kappa shape index (κ3) is 5.82. The first kappa shape index (κ1) is 20.4. The van der Waals surface area contributed by atoms with Crippen LogP contribution in [0.4, 0.5) is 5.82 Å². The van der Waals surface area contributed by atoms with E-state index in [2.05, 4.69) is 30.2 Å². The Kier molecular flexibility index (Phi) is 6.85. The minimum absolute atomic E-state index is 0.227. The summed E-state index contributed by atoms with van der Waals surface area (Å²) in [6, 6.07) is 19.2. The lowest BCUT2D eigenvalue weighted by atomic mass is 10.0. The maximum atomic E-state index is 12.2. The highest BCUT2D eigenvalue weighted by molar-refractivity contribution is 5.98. The zero-order valence-electron chi connectivity index (χ0n) is 16.9. The fourth-order valence-corrected chi connectivity index (χ4v) is 2.94. The molecule has 150 valence electrons. The molecule has 0 bridgehead atoms. The van der Waals surface area contributed by atoms with Crippen LogP contribution in [-0.4, -0.2) is 10.9 Å². The molecule has 0 saturated carbocycles. The summed E-state index contributed by atoms with van der Waals surface area (Å²) in [7, 11) is 0. The van der Waals surface area contributed by atoms with Crippen molar-refractivity contribution in [1.29, 1.82) is 0 Å². The molecule has 1 heterocycles. The molecule has 0 unspecified atom stereocenters. The number of carbonyl (C=O) groups is 1. The fourth-order valence-electron chi connectivity index (χ4n) is 2.94. The van der Waals surface area contributed by atoms with E-state index in [-0.39, 0.29) is 11.7 Å². The Balaban J connectivity index is 1.60. The van der Waals surface area contributed by atoms with Crippen molar-refractivity contribution in [2.75, 3.05) is 5.73 Å². The van der Waals surface area contributed by atoms with Gasteiger partial charge in [-0.25, -0.2) is 4.98 Å². The Morgan fingerprint density at radius 3 is 2.55 bits per heavy atom. The second-order valence-electron chi connectivity index (χ2n) is 7.41. The lowest BCUT2D eigenvalue weighted by Gasteiger charge is -2.13. The molecule has 5 nitrogen and oxygen atoms in total. The normalized spacial score (nSPS) is 10.7. The Morgan fingerprint density at radius 1 is 1.07 bits per heavy atom.